The van der Waals surface area contributed by atoms with Crippen molar-refractivity contribution in [3.05, 3.63) is 97.2 Å². The number of allylic oxidation sites excluding steroid dienone is 16. The van der Waals surface area contributed by atoms with Crippen molar-refractivity contribution in [1.82, 2.24) is 0 Å². The molecule has 0 amide bonds. The molecule has 1 atom stereocenters. The molecule has 0 radical (unpaired) electrons. The second-order valence-corrected chi connectivity index (χ2v) is 21.0. The molecule has 0 spiro atoms. The molecule has 0 saturated carbocycles. The summed E-state index contributed by atoms with van der Waals surface area (Å²) in [5.74, 6) is -0.873. The van der Waals surface area contributed by atoms with Crippen molar-refractivity contribution in [2.24, 2.45) is 0 Å². The smallest absolute Gasteiger partial charge is 0.306 e. The lowest BCUT2D eigenvalue weighted by Crippen LogP contribution is -2.30. The number of hydrogen-bond donors (Lipinski definition) is 0. The molecule has 6 nitrogen and oxygen atoms in total. The summed E-state index contributed by atoms with van der Waals surface area (Å²) in [6.07, 6.45) is 84.3. The molecule has 0 N–H and O–H groups in total. The van der Waals surface area contributed by atoms with E-state index in [9.17, 15) is 14.4 Å². The number of hydrogen-bond acceptors (Lipinski definition) is 6. The van der Waals surface area contributed by atoms with Crippen LogP contribution in [0.5, 0.6) is 0 Å². The van der Waals surface area contributed by atoms with E-state index in [1.807, 2.05) is 0 Å². The van der Waals surface area contributed by atoms with Gasteiger partial charge >= 0.3 is 17.9 Å². The molecule has 0 aliphatic carbocycles. The number of ether oxygens (including phenoxy) is 3. The van der Waals surface area contributed by atoms with Crippen molar-refractivity contribution < 1.29 is 28.6 Å². The minimum atomic E-state index is -0.773. The van der Waals surface area contributed by atoms with Gasteiger partial charge in [-0.3, -0.25) is 14.4 Å². The Balaban J connectivity index is 4.09. The van der Waals surface area contributed by atoms with E-state index in [-0.39, 0.29) is 31.1 Å². The van der Waals surface area contributed by atoms with Gasteiger partial charge in [0.1, 0.15) is 13.2 Å². The number of carbonyl (C=O) groups excluding carboxylic acids is 3. The topological polar surface area (TPSA) is 78.9 Å². The molecule has 0 rings (SSSR count). The van der Waals surface area contributed by atoms with Crippen molar-refractivity contribution in [3.8, 4) is 0 Å². The highest BCUT2D eigenvalue weighted by molar-refractivity contribution is 5.71. The average molecular weight is 1040 g/mol. The Morgan fingerprint density at radius 1 is 0.280 bits per heavy atom. The summed E-state index contributed by atoms with van der Waals surface area (Å²) in [6, 6.07) is 0. The monoisotopic (exact) mass is 1040 g/mol. The second kappa shape index (κ2) is 62.9. The molecule has 430 valence electrons. The third-order valence-corrected chi connectivity index (χ3v) is 13.6. The molecule has 6 heteroatoms. The van der Waals surface area contributed by atoms with Crippen LogP contribution in [-0.4, -0.2) is 37.2 Å². The summed E-state index contributed by atoms with van der Waals surface area (Å²) in [4.78, 5) is 38.0. The van der Waals surface area contributed by atoms with E-state index in [1.54, 1.807) is 0 Å². The zero-order valence-electron chi connectivity index (χ0n) is 49.3. The van der Waals surface area contributed by atoms with Crippen LogP contribution in [0.15, 0.2) is 97.2 Å². The van der Waals surface area contributed by atoms with E-state index < -0.39 is 6.10 Å². The quantitative estimate of drug-likeness (QED) is 0.0261. The molecule has 0 fully saturated rings. The first-order valence-corrected chi connectivity index (χ1v) is 31.7. The number of unbranched alkanes of at least 4 members (excludes halogenated alkanes) is 30. The van der Waals surface area contributed by atoms with Crippen molar-refractivity contribution in [3.63, 3.8) is 0 Å². The lowest BCUT2D eigenvalue weighted by Gasteiger charge is -2.18. The van der Waals surface area contributed by atoms with Gasteiger partial charge in [-0.2, -0.15) is 0 Å². The molecular formula is C69H118O6. The first-order valence-electron chi connectivity index (χ1n) is 31.7. The highest BCUT2D eigenvalue weighted by Gasteiger charge is 2.19. The minimum absolute atomic E-state index is 0.0736. The summed E-state index contributed by atoms with van der Waals surface area (Å²) in [6.45, 7) is 6.51. The SMILES string of the molecule is CC/C=C\C/C=C\C/C=C\C/C=C\C/C=C\C/C=C\C/C=C\C/C=C\CCCCCCCCCCCCC(=O)OCC(COC(=O)CCCCCCCCCC)OC(=O)CCCCCCCCCCCCCCCC. The molecular weight excluding hydrogens is 925 g/mol. The highest BCUT2D eigenvalue weighted by Crippen LogP contribution is 2.16. The lowest BCUT2D eigenvalue weighted by molar-refractivity contribution is -0.167. The lowest BCUT2D eigenvalue weighted by atomic mass is 10.0. The van der Waals surface area contributed by atoms with E-state index in [4.69, 9.17) is 14.2 Å². The van der Waals surface area contributed by atoms with Crippen LogP contribution in [-0.2, 0) is 28.6 Å². The zero-order valence-corrected chi connectivity index (χ0v) is 49.3. The summed E-state index contributed by atoms with van der Waals surface area (Å²) in [7, 11) is 0. The van der Waals surface area contributed by atoms with Crippen molar-refractivity contribution in [2.45, 2.75) is 309 Å². The Hall–Kier alpha value is -3.67. The Labute approximate surface area is 464 Å². The van der Waals surface area contributed by atoms with Crippen LogP contribution in [0.4, 0.5) is 0 Å². The van der Waals surface area contributed by atoms with Gasteiger partial charge in [-0.05, 0) is 83.5 Å². The van der Waals surface area contributed by atoms with Crippen molar-refractivity contribution in [2.75, 3.05) is 13.2 Å². The summed E-state index contributed by atoms with van der Waals surface area (Å²) in [5, 5.41) is 0. The average Bonchev–Trinajstić information content (AvgIpc) is 3.41. The molecule has 75 heavy (non-hydrogen) atoms. The first kappa shape index (κ1) is 71.3. The standard InChI is InChI=1S/C69H118O6/c1-4-7-10-13-16-19-21-23-25-26-27-28-29-30-31-32-33-34-35-36-37-38-39-40-41-42-43-44-45-47-48-50-53-56-59-62-68(71)74-65-66(64-73-67(70)61-58-55-52-18-15-12-9-6-3)75-69(72)63-60-57-54-51-49-46-24-22-20-17-14-11-8-5-2/h7,10,16,19,23,25,27-28,30-31,33-34,36-37,39-40,66H,4-6,8-9,11-15,17-18,20-22,24,26,29,32,35,38,41-65H2,1-3H3/b10-7-,19-16-,25-23-,28-27-,31-30-,34-33-,37-36-,40-39-. The van der Waals surface area contributed by atoms with Crippen LogP contribution in [0.25, 0.3) is 0 Å². The van der Waals surface area contributed by atoms with Gasteiger partial charge in [0.2, 0.25) is 0 Å². The van der Waals surface area contributed by atoms with E-state index in [2.05, 4.69) is 118 Å². The predicted molar refractivity (Wildman–Crippen MR) is 325 cm³/mol. The van der Waals surface area contributed by atoms with Gasteiger partial charge in [0.05, 0.1) is 0 Å². The normalized spacial score (nSPS) is 12.7. The van der Waals surface area contributed by atoms with E-state index in [0.717, 1.165) is 109 Å². The van der Waals surface area contributed by atoms with Crippen LogP contribution in [0, 0.1) is 0 Å². The Kier molecular flexibility index (Phi) is 59.8. The van der Waals surface area contributed by atoms with Crippen LogP contribution in [0.2, 0.25) is 0 Å². The molecule has 0 saturated heterocycles. The Bertz CT molecular complexity index is 1480. The molecule has 0 aliphatic rings. The van der Waals surface area contributed by atoms with Crippen molar-refractivity contribution >= 4 is 17.9 Å². The molecule has 0 aromatic heterocycles. The summed E-state index contributed by atoms with van der Waals surface area (Å²) >= 11 is 0. The maximum atomic E-state index is 12.8. The van der Waals surface area contributed by atoms with Gasteiger partial charge in [0.25, 0.3) is 0 Å². The maximum absolute atomic E-state index is 12.8. The summed E-state index contributed by atoms with van der Waals surface area (Å²) in [5.41, 5.74) is 0. The third kappa shape index (κ3) is 61.1. The van der Waals surface area contributed by atoms with E-state index >= 15 is 0 Å². The third-order valence-electron chi connectivity index (χ3n) is 13.6. The highest BCUT2D eigenvalue weighted by atomic mass is 16.6. The van der Waals surface area contributed by atoms with Crippen molar-refractivity contribution in [1.29, 1.82) is 0 Å². The fourth-order valence-corrected chi connectivity index (χ4v) is 8.87. The van der Waals surface area contributed by atoms with Gasteiger partial charge in [-0.15, -0.1) is 0 Å². The van der Waals surface area contributed by atoms with Crippen LogP contribution in [0.3, 0.4) is 0 Å². The Morgan fingerprint density at radius 2 is 0.520 bits per heavy atom. The fourth-order valence-electron chi connectivity index (χ4n) is 8.87. The number of esters is 3. The molecule has 0 aromatic carbocycles. The molecule has 0 aliphatic heterocycles. The largest absolute Gasteiger partial charge is 0.462 e. The predicted octanol–water partition coefficient (Wildman–Crippen LogP) is 21.7. The summed E-state index contributed by atoms with van der Waals surface area (Å²) < 4.78 is 16.8. The van der Waals surface area contributed by atoms with Gasteiger partial charge in [0.15, 0.2) is 6.10 Å². The van der Waals surface area contributed by atoms with Crippen LogP contribution >= 0.6 is 0 Å². The minimum Gasteiger partial charge on any atom is -0.462 e. The van der Waals surface area contributed by atoms with Crippen LogP contribution in [0.1, 0.15) is 303 Å². The fraction of sp³-hybridized carbons (Fsp3) is 0.725. The van der Waals surface area contributed by atoms with Gasteiger partial charge < -0.3 is 14.2 Å². The van der Waals surface area contributed by atoms with Gasteiger partial charge in [-0.1, -0.05) is 298 Å². The Morgan fingerprint density at radius 3 is 0.813 bits per heavy atom. The van der Waals surface area contributed by atoms with Gasteiger partial charge in [0, 0.05) is 19.3 Å². The van der Waals surface area contributed by atoms with E-state index in [1.165, 1.54) is 154 Å². The molecule has 0 bridgehead atoms. The van der Waals surface area contributed by atoms with E-state index in [0.29, 0.717) is 19.3 Å². The second-order valence-electron chi connectivity index (χ2n) is 21.0. The van der Waals surface area contributed by atoms with Crippen LogP contribution < -0.4 is 0 Å². The zero-order chi connectivity index (χ0) is 54.3. The molecule has 0 heterocycles. The number of rotatable bonds is 57. The maximum Gasteiger partial charge on any atom is 0.306 e. The molecule has 1 unspecified atom stereocenters. The van der Waals surface area contributed by atoms with Gasteiger partial charge in [-0.25, -0.2) is 0 Å². The number of carbonyl (C=O) groups is 3. The molecule has 0 aromatic rings. The first-order chi connectivity index (χ1) is 37.0.